The van der Waals surface area contributed by atoms with Crippen molar-refractivity contribution in [2.24, 2.45) is 5.92 Å². The molecule has 0 amide bonds. The lowest BCUT2D eigenvalue weighted by molar-refractivity contribution is 0.252. The van der Waals surface area contributed by atoms with Crippen LogP contribution in [-0.4, -0.2) is 57.8 Å². The van der Waals surface area contributed by atoms with Gasteiger partial charge in [-0.2, -0.15) is 17.0 Å². The predicted molar refractivity (Wildman–Crippen MR) is 60.8 cm³/mol. The molecule has 5 nitrogen and oxygen atoms in total. The zero-order valence-corrected chi connectivity index (χ0v) is 10.5. The van der Waals surface area contributed by atoms with Crippen LogP contribution >= 0.6 is 0 Å². The Morgan fingerprint density at radius 2 is 2.13 bits per heavy atom. The quantitative estimate of drug-likeness (QED) is 0.729. The van der Waals surface area contributed by atoms with Crippen LogP contribution < -0.4 is 5.32 Å². The minimum Gasteiger partial charge on any atom is -0.319 e. The highest BCUT2D eigenvalue weighted by Gasteiger charge is 2.29. The first kappa shape index (κ1) is 12.9. The van der Waals surface area contributed by atoms with Crippen LogP contribution in [0.5, 0.6) is 0 Å². The zero-order valence-electron chi connectivity index (χ0n) is 9.73. The van der Waals surface area contributed by atoms with Gasteiger partial charge in [0.05, 0.1) is 0 Å². The third-order valence-electron chi connectivity index (χ3n) is 2.76. The molecule has 0 saturated carbocycles. The number of nitrogens with zero attached hydrogens (tertiary/aromatic N) is 2. The van der Waals surface area contributed by atoms with Crippen LogP contribution in [0.15, 0.2) is 0 Å². The molecule has 0 aromatic rings. The maximum atomic E-state index is 11.9. The fraction of sp³-hybridized carbons (Fsp3) is 1.00. The highest BCUT2D eigenvalue weighted by atomic mass is 32.2. The molecule has 1 unspecified atom stereocenters. The fourth-order valence-corrected chi connectivity index (χ4v) is 3.14. The summed E-state index contributed by atoms with van der Waals surface area (Å²) < 4.78 is 26.6. The standard InChI is InChI=1S/C9H21N3O2S/c1-10-7-9-5-4-6-12(8-9)15(13,14)11(2)3/h9-10H,4-8H2,1-3H3. The van der Waals surface area contributed by atoms with Gasteiger partial charge in [0.1, 0.15) is 0 Å². The molecule has 0 bridgehead atoms. The van der Waals surface area contributed by atoms with Crippen LogP contribution in [0, 0.1) is 5.92 Å². The summed E-state index contributed by atoms with van der Waals surface area (Å²) in [5.41, 5.74) is 0. The van der Waals surface area contributed by atoms with E-state index in [9.17, 15) is 8.42 Å². The van der Waals surface area contributed by atoms with Crippen molar-refractivity contribution in [2.75, 3.05) is 40.8 Å². The number of hydrogen-bond acceptors (Lipinski definition) is 3. The Balaban J connectivity index is 2.64. The normalized spacial score (nSPS) is 24.7. The first-order valence-corrected chi connectivity index (χ1v) is 6.70. The molecule has 0 aromatic heterocycles. The molecule has 6 heteroatoms. The third kappa shape index (κ3) is 3.14. The van der Waals surface area contributed by atoms with Gasteiger partial charge in [0.2, 0.25) is 0 Å². The lowest BCUT2D eigenvalue weighted by Crippen LogP contribution is -2.46. The lowest BCUT2D eigenvalue weighted by Gasteiger charge is -2.33. The van der Waals surface area contributed by atoms with Crippen LogP contribution in [0.2, 0.25) is 0 Å². The molecule has 0 aliphatic carbocycles. The largest absolute Gasteiger partial charge is 0.319 e. The van der Waals surface area contributed by atoms with Crippen molar-refractivity contribution in [3.8, 4) is 0 Å². The van der Waals surface area contributed by atoms with E-state index in [0.29, 0.717) is 19.0 Å². The third-order valence-corrected chi connectivity index (χ3v) is 4.67. The highest BCUT2D eigenvalue weighted by Crippen LogP contribution is 2.19. The van der Waals surface area contributed by atoms with Crippen LogP contribution in [0.25, 0.3) is 0 Å². The first-order chi connectivity index (χ1) is 6.98. The maximum absolute atomic E-state index is 11.9. The van der Waals surface area contributed by atoms with Gasteiger partial charge >= 0.3 is 0 Å². The molecule has 1 atom stereocenters. The summed E-state index contributed by atoms with van der Waals surface area (Å²) in [5, 5.41) is 3.10. The molecule has 1 aliphatic heterocycles. The van der Waals surface area contributed by atoms with Crippen LogP contribution in [0.3, 0.4) is 0 Å². The molecule has 1 saturated heterocycles. The zero-order chi connectivity index (χ0) is 11.5. The summed E-state index contributed by atoms with van der Waals surface area (Å²) in [6.45, 7) is 2.18. The Bertz CT molecular complexity index is 288. The maximum Gasteiger partial charge on any atom is 0.281 e. The Morgan fingerprint density at radius 1 is 1.47 bits per heavy atom. The van der Waals surface area contributed by atoms with E-state index in [-0.39, 0.29) is 0 Å². The summed E-state index contributed by atoms with van der Waals surface area (Å²) in [7, 11) is 1.85. The molecule has 1 heterocycles. The molecular weight excluding hydrogens is 214 g/mol. The van der Waals surface area contributed by atoms with Gasteiger partial charge in [0.25, 0.3) is 10.2 Å². The van der Waals surface area contributed by atoms with Crippen LogP contribution in [0.4, 0.5) is 0 Å². The number of piperidine rings is 1. The molecule has 0 aromatic carbocycles. The van der Waals surface area contributed by atoms with Gasteiger partial charge in [-0.05, 0) is 32.4 Å². The second kappa shape index (κ2) is 5.25. The number of rotatable bonds is 4. The lowest BCUT2D eigenvalue weighted by atomic mass is 10.00. The number of hydrogen-bond donors (Lipinski definition) is 1. The first-order valence-electron chi connectivity index (χ1n) is 5.30. The summed E-state index contributed by atoms with van der Waals surface area (Å²) >= 11 is 0. The monoisotopic (exact) mass is 235 g/mol. The van der Waals surface area contributed by atoms with Gasteiger partial charge in [-0.3, -0.25) is 0 Å². The minimum absolute atomic E-state index is 0.443. The predicted octanol–water partition coefficient (Wildman–Crippen LogP) is -0.276. The van der Waals surface area contributed by atoms with Gasteiger partial charge in [-0.15, -0.1) is 0 Å². The highest BCUT2D eigenvalue weighted by molar-refractivity contribution is 7.86. The molecule has 1 N–H and O–H groups in total. The topological polar surface area (TPSA) is 52.7 Å². The molecule has 1 fully saturated rings. The van der Waals surface area contributed by atoms with E-state index in [0.717, 1.165) is 19.4 Å². The van der Waals surface area contributed by atoms with Crippen LogP contribution in [0.1, 0.15) is 12.8 Å². The van der Waals surface area contributed by atoms with Crippen molar-refractivity contribution in [3.05, 3.63) is 0 Å². The molecular formula is C9H21N3O2S. The van der Waals surface area contributed by atoms with Gasteiger partial charge in [-0.25, -0.2) is 0 Å². The molecule has 1 rings (SSSR count). The Morgan fingerprint density at radius 3 is 2.67 bits per heavy atom. The average molecular weight is 235 g/mol. The van der Waals surface area contributed by atoms with Gasteiger partial charge in [-0.1, -0.05) is 0 Å². The summed E-state index contributed by atoms with van der Waals surface area (Å²) in [6.07, 6.45) is 2.07. The van der Waals surface area contributed by atoms with Crippen LogP contribution in [-0.2, 0) is 10.2 Å². The number of nitrogens with one attached hydrogen (secondary N) is 1. The SMILES string of the molecule is CNCC1CCCN(S(=O)(=O)N(C)C)C1. The second-order valence-electron chi connectivity index (χ2n) is 4.21. The van der Waals surface area contributed by atoms with Crippen molar-refractivity contribution in [2.45, 2.75) is 12.8 Å². The molecule has 0 radical (unpaired) electrons. The van der Waals surface area contributed by atoms with Crippen molar-refractivity contribution in [3.63, 3.8) is 0 Å². The van der Waals surface area contributed by atoms with E-state index in [2.05, 4.69) is 5.32 Å². The van der Waals surface area contributed by atoms with E-state index in [1.807, 2.05) is 7.05 Å². The van der Waals surface area contributed by atoms with E-state index < -0.39 is 10.2 Å². The summed E-state index contributed by atoms with van der Waals surface area (Å²) in [5.74, 6) is 0.443. The van der Waals surface area contributed by atoms with Gasteiger partial charge < -0.3 is 5.32 Å². The van der Waals surface area contributed by atoms with Crippen molar-refractivity contribution >= 4 is 10.2 Å². The summed E-state index contributed by atoms with van der Waals surface area (Å²) in [4.78, 5) is 0. The van der Waals surface area contributed by atoms with Crippen molar-refractivity contribution < 1.29 is 8.42 Å². The van der Waals surface area contributed by atoms with E-state index in [1.54, 1.807) is 18.4 Å². The smallest absolute Gasteiger partial charge is 0.281 e. The Labute approximate surface area is 92.6 Å². The molecule has 15 heavy (non-hydrogen) atoms. The van der Waals surface area contributed by atoms with Gasteiger partial charge in [0, 0.05) is 27.2 Å². The van der Waals surface area contributed by atoms with E-state index in [4.69, 9.17) is 0 Å². The van der Waals surface area contributed by atoms with Crippen molar-refractivity contribution in [1.29, 1.82) is 0 Å². The molecule has 1 aliphatic rings. The molecule has 0 spiro atoms. The fourth-order valence-electron chi connectivity index (χ4n) is 1.92. The van der Waals surface area contributed by atoms with E-state index in [1.165, 1.54) is 4.31 Å². The summed E-state index contributed by atoms with van der Waals surface area (Å²) in [6, 6.07) is 0. The van der Waals surface area contributed by atoms with Gasteiger partial charge in [0.15, 0.2) is 0 Å². The van der Waals surface area contributed by atoms with Crippen molar-refractivity contribution in [1.82, 2.24) is 13.9 Å². The minimum atomic E-state index is -3.21. The average Bonchev–Trinajstić information content (AvgIpc) is 2.18. The molecule has 90 valence electrons. The Kier molecular flexibility index (Phi) is 4.51. The van der Waals surface area contributed by atoms with E-state index >= 15 is 0 Å². The second-order valence-corrected chi connectivity index (χ2v) is 6.36. The Hall–Kier alpha value is -0.170.